The maximum Gasteiger partial charge on any atom is 0.287 e. The van der Waals surface area contributed by atoms with Crippen molar-refractivity contribution in [2.24, 2.45) is 0 Å². The molecule has 72 valence electrons. The molecule has 6 heteroatoms. The van der Waals surface area contributed by atoms with Crippen LogP contribution in [0.15, 0.2) is 4.79 Å². The van der Waals surface area contributed by atoms with Crippen molar-refractivity contribution in [2.75, 3.05) is 0 Å². The smallest absolute Gasteiger partial charge is 0.266 e. The van der Waals surface area contributed by atoms with Crippen molar-refractivity contribution >= 4 is 34.8 Å². The summed E-state index contributed by atoms with van der Waals surface area (Å²) in [4.78, 5) is 11.4. The Morgan fingerprint density at radius 1 is 1.23 bits per heavy atom. The van der Waals surface area contributed by atoms with Gasteiger partial charge in [0.05, 0.1) is 6.04 Å². The number of nitrogens with zero attached hydrogens (tertiary/aromatic N) is 2. The first kappa shape index (κ1) is 10.8. The third kappa shape index (κ3) is 1.98. The van der Waals surface area contributed by atoms with E-state index in [-0.39, 0.29) is 21.2 Å². The van der Waals surface area contributed by atoms with E-state index in [4.69, 9.17) is 34.8 Å². The van der Waals surface area contributed by atoms with Gasteiger partial charge in [0, 0.05) is 0 Å². The molecule has 0 spiro atoms. The average molecular weight is 242 g/mol. The van der Waals surface area contributed by atoms with E-state index < -0.39 is 5.56 Å². The lowest BCUT2D eigenvalue weighted by molar-refractivity contribution is 0.503. The van der Waals surface area contributed by atoms with Crippen LogP contribution in [0.4, 0.5) is 0 Å². The second kappa shape index (κ2) is 3.86. The van der Waals surface area contributed by atoms with Gasteiger partial charge in [-0.2, -0.15) is 5.10 Å². The Balaban J connectivity index is 3.51. The number of halogens is 3. The largest absolute Gasteiger partial charge is 0.287 e. The van der Waals surface area contributed by atoms with Crippen LogP contribution >= 0.6 is 34.8 Å². The maximum absolute atomic E-state index is 11.4. The molecule has 0 aliphatic carbocycles. The highest BCUT2D eigenvalue weighted by Crippen LogP contribution is 2.24. The Kier molecular flexibility index (Phi) is 3.22. The standard InChI is InChI=1S/C7H7Cl3N2O/c1-3(2)12-7(13)5(9)4(8)6(10)11-12/h3H,1-2H3. The summed E-state index contributed by atoms with van der Waals surface area (Å²) in [6.07, 6.45) is 0. The van der Waals surface area contributed by atoms with Gasteiger partial charge in [-0.05, 0) is 13.8 Å². The Hall–Kier alpha value is -0.250. The van der Waals surface area contributed by atoms with Crippen LogP contribution in [-0.2, 0) is 0 Å². The van der Waals surface area contributed by atoms with Crippen LogP contribution in [0.2, 0.25) is 15.2 Å². The fourth-order valence-electron chi connectivity index (χ4n) is 0.819. The zero-order valence-electron chi connectivity index (χ0n) is 7.01. The molecule has 0 aromatic carbocycles. The topological polar surface area (TPSA) is 34.9 Å². The molecule has 0 aliphatic heterocycles. The fraction of sp³-hybridized carbons (Fsp3) is 0.429. The second-order valence-corrected chi connectivity index (χ2v) is 3.88. The number of aromatic nitrogens is 2. The summed E-state index contributed by atoms with van der Waals surface area (Å²) in [6, 6.07) is -0.0974. The molecular weight excluding hydrogens is 234 g/mol. The minimum absolute atomic E-state index is 0.00485. The van der Waals surface area contributed by atoms with Gasteiger partial charge in [0.25, 0.3) is 5.56 Å². The summed E-state index contributed by atoms with van der Waals surface area (Å²) < 4.78 is 1.19. The molecule has 0 fully saturated rings. The lowest BCUT2D eigenvalue weighted by atomic mass is 10.4. The first-order valence-corrected chi connectivity index (χ1v) is 4.72. The van der Waals surface area contributed by atoms with E-state index in [0.29, 0.717) is 0 Å². The van der Waals surface area contributed by atoms with Gasteiger partial charge < -0.3 is 0 Å². The zero-order valence-corrected chi connectivity index (χ0v) is 9.28. The predicted molar refractivity (Wildman–Crippen MR) is 53.9 cm³/mol. The lowest BCUT2D eigenvalue weighted by Crippen LogP contribution is -2.25. The van der Waals surface area contributed by atoms with Gasteiger partial charge in [0.1, 0.15) is 10.0 Å². The third-order valence-electron chi connectivity index (χ3n) is 1.45. The Bertz CT molecular complexity index is 386. The quantitative estimate of drug-likeness (QED) is 0.758. The van der Waals surface area contributed by atoms with Gasteiger partial charge in [-0.3, -0.25) is 4.79 Å². The zero-order chi connectivity index (χ0) is 10.2. The molecule has 0 N–H and O–H groups in total. The van der Waals surface area contributed by atoms with Crippen LogP contribution in [0.1, 0.15) is 19.9 Å². The summed E-state index contributed by atoms with van der Waals surface area (Å²) in [5, 5.41) is 3.74. The predicted octanol–water partition coefficient (Wildman–Crippen LogP) is 2.78. The van der Waals surface area contributed by atoms with Crippen LogP contribution < -0.4 is 5.56 Å². The molecule has 1 rings (SSSR count). The monoisotopic (exact) mass is 240 g/mol. The molecule has 0 bridgehead atoms. The van der Waals surface area contributed by atoms with Gasteiger partial charge in [-0.25, -0.2) is 4.68 Å². The average Bonchev–Trinajstić information content (AvgIpc) is 2.07. The summed E-state index contributed by atoms with van der Waals surface area (Å²) in [7, 11) is 0. The Labute approximate surface area is 90.2 Å². The molecule has 0 saturated carbocycles. The molecule has 3 nitrogen and oxygen atoms in total. The van der Waals surface area contributed by atoms with Crippen molar-refractivity contribution in [1.29, 1.82) is 0 Å². The van der Waals surface area contributed by atoms with Gasteiger partial charge >= 0.3 is 0 Å². The molecule has 0 saturated heterocycles. The minimum atomic E-state index is -0.425. The van der Waals surface area contributed by atoms with Crippen molar-refractivity contribution in [2.45, 2.75) is 19.9 Å². The molecule has 13 heavy (non-hydrogen) atoms. The minimum Gasteiger partial charge on any atom is -0.266 e. The van der Waals surface area contributed by atoms with Crippen molar-refractivity contribution in [3.05, 3.63) is 25.6 Å². The van der Waals surface area contributed by atoms with Crippen LogP contribution in [0, 0.1) is 0 Å². The summed E-state index contributed by atoms with van der Waals surface area (Å²) in [5.74, 6) is 0. The molecule has 1 aromatic heterocycles. The summed E-state index contributed by atoms with van der Waals surface area (Å²) in [6.45, 7) is 3.60. The van der Waals surface area contributed by atoms with Crippen LogP contribution in [-0.4, -0.2) is 9.78 Å². The maximum atomic E-state index is 11.4. The molecule has 0 aliphatic rings. The molecule has 1 heterocycles. The third-order valence-corrected chi connectivity index (χ3v) is 2.63. The van der Waals surface area contributed by atoms with E-state index in [1.807, 2.05) is 0 Å². The van der Waals surface area contributed by atoms with E-state index in [1.165, 1.54) is 4.68 Å². The first-order chi connectivity index (χ1) is 5.95. The van der Waals surface area contributed by atoms with Gasteiger partial charge in [0.2, 0.25) is 0 Å². The summed E-state index contributed by atoms with van der Waals surface area (Å²) >= 11 is 16.9. The second-order valence-electron chi connectivity index (χ2n) is 2.76. The first-order valence-electron chi connectivity index (χ1n) is 3.58. The Morgan fingerprint density at radius 3 is 2.23 bits per heavy atom. The van der Waals surface area contributed by atoms with Crippen molar-refractivity contribution in [1.82, 2.24) is 9.78 Å². The van der Waals surface area contributed by atoms with E-state index in [1.54, 1.807) is 13.8 Å². The van der Waals surface area contributed by atoms with Gasteiger partial charge in [0.15, 0.2) is 5.15 Å². The highest BCUT2D eigenvalue weighted by atomic mass is 35.5. The van der Waals surface area contributed by atoms with Gasteiger partial charge in [-0.1, -0.05) is 34.8 Å². The highest BCUT2D eigenvalue weighted by molar-refractivity contribution is 6.47. The molecular formula is C7H7Cl3N2O. The molecule has 0 unspecified atom stereocenters. The Morgan fingerprint density at radius 2 is 1.77 bits per heavy atom. The van der Waals surface area contributed by atoms with Crippen LogP contribution in [0.25, 0.3) is 0 Å². The number of hydrogen-bond donors (Lipinski definition) is 0. The van der Waals surface area contributed by atoms with Gasteiger partial charge in [-0.15, -0.1) is 0 Å². The molecule has 0 amide bonds. The van der Waals surface area contributed by atoms with E-state index in [9.17, 15) is 4.79 Å². The van der Waals surface area contributed by atoms with E-state index >= 15 is 0 Å². The van der Waals surface area contributed by atoms with Crippen LogP contribution in [0.3, 0.4) is 0 Å². The van der Waals surface area contributed by atoms with Crippen molar-refractivity contribution < 1.29 is 0 Å². The van der Waals surface area contributed by atoms with E-state index in [2.05, 4.69) is 5.10 Å². The van der Waals surface area contributed by atoms with E-state index in [0.717, 1.165) is 0 Å². The SMILES string of the molecule is CC(C)n1nc(Cl)c(Cl)c(Cl)c1=O. The highest BCUT2D eigenvalue weighted by Gasteiger charge is 2.13. The lowest BCUT2D eigenvalue weighted by Gasteiger charge is -2.09. The summed E-state index contributed by atoms with van der Waals surface area (Å²) in [5.41, 5.74) is -0.425. The normalized spacial score (nSPS) is 10.9. The fourth-order valence-corrected chi connectivity index (χ4v) is 1.34. The van der Waals surface area contributed by atoms with Crippen LogP contribution in [0.5, 0.6) is 0 Å². The van der Waals surface area contributed by atoms with Crippen molar-refractivity contribution in [3.63, 3.8) is 0 Å². The number of rotatable bonds is 1. The number of hydrogen-bond acceptors (Lipinski definition) is 2. The molecule has 0 atom stereocenters. The molecule has 0 radical (unpaired) electrons. The van der Waals surface area contributed by atoms with Crippen molar-refractivity contribution in [3.8, 4) is 0 Å². The molecule has 1 aromatic rings.